The van der Waals surface area contributed by atoms with Crippen molar-refractivity contribution in [2.45, 2.75) is 39.3 Å². The molecular weight excluding hydrogens is 280 g/mol. The lowest BCUT2D eigenvalue weighted by molar-refractivity contribution is 0.0195. The topological polar surface area (TPSA) is 50.8 Å². The molecule has 1 heterocycles. The molecule has 1 N–H and O–H groups in total. The summed E-state index contributed by atoms with van der Waals surface area (Å²) >= 11 is 0. The maximum absolute atomic E-state index is 12.2. The number of rotatable bonds is 2. The van der Waals surface area contributed by atoms with E-state index in [0.29, 0.717) is 13.1 Å². The van der Waals surface area contributed by atoms with E-state index in [4.69, 9.17) is 9.47 Å². The number of carbonyl (C=O) groups excluding carboxylic acids is 1. The van der Waals surface area contributed by atoms with E-state index < -0.39 is 5.60 Å². The number of nitrogens with one attached hydrogen (secondary N) is 1. The first-order valence-electron chi connectivity index (χ1n) is 7.66. The van der Waals surface area contributed by atoms with Crippen molar-refractivity contribution < 1.29 is 14.3 Å². The summed E-state index contributed by atoms with van der Waals surface area (Å²) in [6.45, 7) is 9.76. The minimum atomic E-state index is -0.465. The number of hydrogen-bond donors (Lipinski definition) is 1. The zero-order valence-electron chi connectivity index (χ0n) is 14.1. The Morgan fingerprint density at radius 2 is 2.09 bits per heavy atom. The first-order valence-corrected chi connectivity index (χ1v) is 7.66. The molecule has 0 radical (unpaired) electrons. The summed E-state index contributed by atoms with van der Waals surface area (Å²) in [7, 11) is 1.66. The third kappa shape index (κ3) is 4.13. The summed E-state index contributed by atoms with van der Waals surface area (Å²) in [6.07, 6.45) is -0.245. The van der Waals surface area contributed by atoms with Gasteiger partial charge in [0.2, 0.25) is 0 Å². The van der Waals surface area contributed by atoms with E-state index in [2.05, 4.69) is 18.3 Å². The zero-order valence-corrected chi connectivity index (χ0v) is 14.1. The number of aryl methyl sites for hydroxylation is 1. The minimum Gasteiger partial charge on any atom is -0.497 e. The van der Waals surface area contributed by atoms with Gasteiger partial charge in [-0.2, -0.15) is 0 Å². The van der Waals surface area contributed by atoms with Gasteiger partial charge in [-0.1, -0.05) is 6.07 Å². The van der Waals surface area contributed by atoms with Crippen LogP contribution in [0.15, 0.2) is 18.2 Å². The first-order chi connectivity index (χ1) is 10.3. The van der Waals surface area contributed by atoms with Crippen LogP contribution in [0, 0.1) is 6.92 Å². The lowest BCUT2D eigenvalue weighted by Gasteiger charge is -2.35. The summed E-state index contributed by atoms with van der Waals surface area (Å²) in [5.41, 5.74) is 1.88. The Morgan fingerprint density at radius 3 is 2.68 bits per heavy atom. The van der Waals surface area contributed by atoms with Crippen LogP contribution in [-0.2, 0) is 4.74 Å². The normalized spacial score (nSPS) is 19.0. The Hall–Kier alpha value is -1.75. The molecule has 1 saturated heterocycles. The molecule has 1 aliphatic rings. The second kappa shape index (κ2) is 6.57. The minimum absolute atomic E-state index is 0.118. The Morgan fingerprint density at radius 1 is 1.36 bits per heavy atom. The Kier molecular flexibility index (Phi) is 4.96. The number of carbonyl (C=O) groups is 1. The fraction of sp³-hybridized carbons (Fsp3) is 0.588. The molecular formula is C17H26N2O3. The molecule has 1 aromatic rings. The molecule has 1 unspecified atom stereocenters. The predicted octanol–water partition coefficient (Wildman–Crippen LogP) is 2.89. The highest BCUT2D eigenvalue weighted by atomic mass is 16.6. The number of methoxy groups -OCH3 is 1. The summed E-state index contributed by atoms with van der Waals surface area (Å²) in [5.74, 6) is 0.848. The van der Waals surface area contributed by atoms with Gasteiger partial charge in [-0.25, -0.2) is 4.79 Å². The van der Waals surface area contributed by atoms with Crippen LogP contribution >= 0.6 is 0 Å². The molecule has 1 amide bonds. The van der Waals surface area contributed by atoms with Gasteiger partial charge in [0.25, 0.3) is 0 Å². The van der Waals surface area contributed by atoms with Crippen LogP contribution in [0.25, 0.3) is 0 Å². The molecule has 1 atom stereocenters. The van der Waals surface area contributed by atoms with Crippen molar-refractivity contribution in [1.82, 2.24) is 10.2 Å². The Labute approximate surface area is 132 Å². The number of hydrogen-bond acceptors (Lipinski definition) is 4. The summed E-state index contributed by atoms with van der Waals surface area (Å²) < 4.78 is 10.7. The van der Waals surface area contributed by atoms with Crippen molar-refractivity contribution in [1.29, 1.82) is 0 Å². The van der Waals surface area contributed by atoms with Crippen LogP contribution in [0.4, 0.5) is 4.79 Å². The summed E-state index contributed by atoms with van der Waals surface area (Å²) in [4.78, 5) is 14.0. The first kappa shape index (κ1) is 16.6. The van der Waals surface area contributed by atoms with Gasteiger partial charge in [0.15, 0.2) is 0 Å². The van der Waals surface area contributed by atoms with Gasteiger partial charge in [0.1, 0.15) is 11.4 Å². The maximum Gasteiger partial charge on any atom is 0.410 e. The molecule has 1 fully saturated rings. The molecule has 5 nitrogen and oxygen atoms in total. The van der Waals surface area contributed by atoms with Crippen molar-refractivity contribution in [3.63, 3.8) is 0 Å². The molecule has 0 spiro atoms. The smallest absolute Gasteiger partial charge is 0.410 e. The average molecular weight is 306 g/mol. The van der Waals surface area contributed by atoms with E-state index in [9.17, 15) is 4.79 Å². The van der Waals surface area contributed by atoms with Crippen LogP contribution < -0.4 is 10.1 Å². The van der Waals surface area contributed by atoms with Crippen LogP contribution in [0.1, 0.15) is 37.9 Å². The van der Waals surface area contributed by atoms with Crippen molar-refractivity contribution in [3.05, 3.63) is 29.3 Å². The van der Waals surface area contributed by atoms with Gasteiger partial charge in [-0.3, -0.25) is 0 Å². The van der Waals surface area contributed by atoms with Crippen LogP contribution in [0.3, 0.4) is 0 Å². The van der Waals surface area contributed by atoms with E-state index in [1.54, 1.807) is 12.0 Å². The highest BCUT2D eigenvalue weighted by molar-refractivity contribution is 5.68. The Balaban J connectivity index is 2.09. The molecule has 5 heteroatoms. The molecule has 0 saturated carbocycles. The second-order valence-corrected chi connectivity index (χ2v) is 6.66. The highest BCUT2D eigenvalue weighted by Gasteiger charge is 2.28. The standard InChI is InChI=1S/C17H26N2O3/c1-12-10-13(21-5)6-7-14(12)15-11-19(9-8-18-15)16(20)22-17(2,3)4/h6-7,10,15,18H,8-9,11H2,1-5H3. The van der Waals surface area contributed by atoms with Crippen LogP contribution in [0.2, 0.25) is 0 Å². The zero-order chi connectivity index (χ0) is 16.3. The molecule has 1 aliphatic heterocycles. The fourth-order valence-corrected chi connectivity index (χ4v) is 2.62. The summed E-state index contributed by atoms with van der Waals surface area (Å²) in [5, 5.41) is 3.47. The third-order valence-corrected chi connectivity index (χ3v) is 3.68. The van der Waals surface area contributed by atoms with E-state index in [1.165, 1.54) is 5.56 Å². The van der Waals surface area contributed by atoms with Crippen molar-refractivity contribution >= 4 is 6.09 Å². The van der Waals surface area contributed by atoms with Crippen LogP contribution in [-0.4, -0.2) is 43.3 Å². The molecule has 122 valence electrons. The summed E-state index contributed by atoms with van der Waals surface area (Å²) in [6, 6.07) is 6.15. The fourth-order valence-electron chi connectivity index (χ4n) is 2.62. The molecule has 1 aromatic carbocycles. The van der Waals surface area contributed by atoms with E-state index in [-0.39, 0.29) is 12.1 Å². The molecule has 2 rings (SSSR count). The largest absolute Gasteiger partial charge is 0.497 e. The maximum atomic E-state index is 12.2. The van der Waals surface area contributed by atoms with Gasteiger partial charge in [0.05, 0.1) is 13.2 Å². The predicted molar refractivity (Wildman–Crippen MR) is 86.3 cm³/mol. The molecule has 0 aromatic heterocycles. The van der Waals surface area contributed by atoms with Gasteiger partial charge in [0, 0.05) is 19.6 Å². The Bertz CT molecular complexity index is 537. The molecule has 22 heavy (non-hydrogen) atoms. The second-order valence-electron chi connectivity index (χ2n) is 6.66. The SMILES string of the molecule is COc1ccc(C2CN(C(=O)OC(C)(C)C)CCN2)c(C)c1. The number of nitrogens with zero attached hydrogens (tertiary/aromatic N) is 1. The van der Waals surface area contributed by atoms with Gasteiger partial charge in [-0.15, -0.1) is 0 Å². The van der Waals surface area contributed by atoms with Gasteiger partial charge >= 0.3 is 6.09 Å². The average Bonchev–Trinajstić information content (AvgIpc) is 2.45. The van der Waals surface area contributed by atoms with E-state index in [0.717, 1.165) is 17.9 Å². The van der Waals surface area contributed by atoms with Crippen molar-refractivity contribution in [2.24, 2.45) is 0 Å². The van der Waals surface area contributed by atoms with Gasteiger partial charge in [-0.05, 0) is 51.0 Å². The third-order valence-electron chi connectivity index (χ3n) is 3.68. The van der Waals surface area contributed by atoms with Gasteiger partial charge < -0.3 is 19.7 Å². The van der Waals surface area contributed by atoms with E-state index >= 15 is 0 Å². The molecule has 0 aliphatic carbocycles. The molecule has 0 bridgehead atoms. The number of piperazine rings is 1. The highest BCUT2D eigenvalue weighted by Crippen LogP contribution is 2.25. The lowest BCUT2D eigenvalue weighted by Crippen LogP contribution is -2.49. The lowest BCUT2D eigenvalue weighted by atomic mass is 9.99. The number of amides is 1. The number of ether oxygens (including phenoxy) is 2. The van der Waals surface area contributed by atoms with Crippen molar-refractivity contribution in [2.75, 3.05) is 26.7 Å². The van der Waals surface area contributed by atoms with E-state index in [1.807, 2.05) is 32.9 Å². The monoisotopic (exact) mass is 306 g/mol. The number of benzene rings is 1. The quantitative estimate of drug-likeness (QED) is 0.913. The van der Waals surface area contributed by atoms with Crippen molar-refractivity contribution in [3.8, 4) is 5.75 Å². The van der Waals surface area contributed by atoms with Crippen LogP contribution in [0.5, 0.6) is 5.75 Å².